The van der Waals surface area contributed by atoms with Crippen LogP contribution in [0.25, 0.3) is 0 Å². The van der Waals surface area contributed by atoms with Crippen LogP contribution in [0.15, 0.2) is 17.1 Å². The third-order valence-electron chi connectivity index (χ3n) is 12.9. The molecule has 80 heavy (non-hydrogen) atoms. The Balaban J connectivity index is 6.83. The van der Waals surface area contributed by atoms with E-state index in [0.29, 0.717) is 25.9 Å². The number of alkyl carbamates (subject to hydrolysis) is 4. The molecule has 0 aromatic carbocycles. The SMILES string of the molecule is CCCCCCCC/C=C\CCCCCCCCN(CCCCCCCCCCCCCCCC)C(=O)C(NC(=O)OC(C)(C)C)C(NC(=O)OC(C)(C)C)C(=O)[C@H](CCCN=C(N)NC(=O)OC(C)(C)C)NC(=O)OC(C)(C)C. The van der Waals surface area contributed by atoms with Crippen molar-refractivity contribution in [3.8, 4) is 0 Å². The fourth-order valence-corrected chi connectivity index (χ4v) is 8.95. The fraction of sp³-hybridized carbons (Fsp3) is 0.857. The monoisotopic (exact) mass is 1130 g/mol. The number of guanidine groups is 1. The van der Waals surface area contributed by atoms with Crippen molar-refractivity contribution in [1.29, 1.82) is 0 Å². The Kier molecular flexibility index (Phi) is 40.7. The van der Waals surface area contributed by atoms with E-state index in [1.165, 1.54) is 96.3 Å². The van der Waals surface area contributed by atoms with E-state index in [0.717, 1.165) is 70.6 Å². The number of nitrogens with one attached hydrogen (secondary N) is 4. The molecule has 466 valence electrons. The van der Waals surface area contributed by atoms with Crippen molar-refractivity contribution >= 4 is 42.0 Å². The molecule has 2 unspecified atom stereocenters. The number of Topliss-reactive ketones (excluding diaryl/α,β-unsaturated/α-hetero) is 1. The Hall–Kier alpha value is -4.57. The molecule has 0 aliphatic rings. The van der Waals surface area contributed by atoms with Crippen molar-refractivity contribution in [2.45, 2.75) is 330 Å². The molecule has 17 heteroatoms. The van der Waals surface area contributed by atoms with Crippen LogP contribution in [-0.2, 0) is 28.5 Å². The molecule has 6 N–H and O–H groups in total. The molecule has 0 aromatic rings. The maximum Gasteiger partial charge on any atom is 0.414 e. The summed E-state index contributed by atoms with van der Waals surface area (Å²) >= 11 is 0. The number of hydrogen-bond acceptors (Lipinski definition) is 11. The number of unbranched alkanes of at least 4 members (excludes halogenated alkanes) is 25. The minimum absolute atomic E-state index is 0.00653. The molecule has 0 heterocycles. The second-order valence-electron chi connectivity index (χ2n) is 25.7. The standard InChI is InChI=1S/C63H119N7O10/c1-15-17-19-21-23-25-27-29-31-32-34-36-38-40-42-44-49-70(48-43-41-39-37-35-33-30-28-26-24-22-20-18-16-2)54(72)52(68-58(75)79-62(9,10)11)51(67-57(74)78-61(6,7)8)53(71)50(66-56(73)77-60(3,4)5)46-45-47-65-55(64)69-59(76)80-63(12,13)14/h29,31,50-52H,15-28,30,32-49H2,1-14H3,(H,66,73)(H,67,74)(H,68,75)(H3,64,65,69,76)/b31-29-/t50-,51?,52?/m0/s1. The molecule has 0 fully saturated rings. The Morgan fingerprint density at radius 3 is 1.14 bits per heavy atom. The van der Waals surface area contributed by atoms with Crippen LogP contribution in [0.2, 0.25) is 0 Å². The molecule has 0 aliphatic carbocycles. The lowest BCUT2D eigenvalue weighted by atomic mass is 9.94. The summed E-state index contributed by atoms with van der Waals surface area (Å²) in [6.07, 6.45) is 33.4. The first-order valence-corrected chi connectivity index (χ1v) is 31.3. The van der Waals surface area contributed by atoms with Crippen LogP contribution in [0, 0.1) is 0 Å². The largest absolute Gasteiger partial charge is 0.444 e. The zero-order chi connectivity index (χ0) is 60.5. The number of hydrogen-bond donors (Lipinski definition) is 5. The van der Waals surface area contributed by atoms with Crippen LogP contribution in [0.3, 0.4) is 0 Å². The van der Waals surface area contributed by atoms with E-state index < -0.39 is 76.6 Å². The van der Waals surface area contributed by atoms with Crippen molar-refractivity contribution in [3.63, 3.8) is 0 Å². The zero-order valence-electron chi connectivity index (χ0n) is 53.3. The van der Waals surface area contributed by atoms with Gasteiger partial charge in [-0.25, -0.2) is 19.2 Å². The quantitative estimate of drug-likeness (QED) is 0.0127. The molecule has 5 amide bonds. The summed E-state index contributed by atoms with van der Waals surface area (Å²) in [6, 6.07) is -4.86. The van der Waals surface area contributed by atoms with Crippen LogP contribution in [0.5, 0.6) is 0 Å². The first-order valence-electron chi connectivity index (χ1n) is 31.3. The number of nitrogens with zero attached hydrogens (tertiary/aromatic N) is 2. The van der Waals surface area contributed by atoms with Crippen molar-refractivity contribution in [2.75, 3.05) is 19.6 Å². The molecular weight excluding hydrogens is 1010 g/mol. The number of carbonyl (C=O) groups excluding carboxylic acids is 6. The van der Waals surface area contributed by atoms with Gasteiger partial charge in [0.05, 0.1) is 6.04 Å². The lowest BCUT2D eigenvalue weighted by Gasteiger charge is -2.35. The Labute approximate surface area is 486 Å². The van der Waals surface area contributed by atoms with E-state index in [9.17, 15) is 19.2 Å². The summed E-state index contributed by atoms with van der Waals surface area (Å²) in [6.45, 7) is 25.4. The molecule has 0 spiro atoms. The number of amides is 5. The fourth-order valence-electron chi connectivity index (χ4n) is 8.95. The minimum atomic E-state index is -1.77. The van der Waals surface area contributed by atoms with Gasteiger partial charge in [0.25, 0.3) is 0 Å². The molecule has 0 saturated heterocycles. The predicted octanol–water partition coefficient (Wildman–Crippen LogP) is 15.2. The van der Waals surface area contributed by atoms with Gasteiger partial charge in [-0.05, 0) is 134 Å². The summed E-state index contributed by atoms with van der Waals surface area (Å²) in [5.41, 5.74) is 2.26. The van der Waals surface area contributed by atoms with E-state index >= 15 is 9.59 Å². The average Bonchev–Trinajstić information content (AvgIpc) is 3.32. The maximum atomic E-state index is 15.4. The van der Waals surface area contributed by atoms with Crippen LogP contribution >= 0.6 is 0 Å². The number of rotatable bonds is 42. The highest BCUT2D eigenvalue weighted by Gasteiger charge is 2.43. The van der Waals surface area contributed by atoms with Gasteiger partial charge in [-0.2, -0.15) is 0 Å². The second-order valence-corrected chi connectivity index (χ2v) is 25.7. The maximum absolute atomic E-state index is 15.4. The first kappa shape index (κ1) is 75.4. The van der Waals surface area contributed by atoms with Gasteiger partial charge in [-0.3, -0.25) is 19.9 Å². The molecule has 0 aromatic heterocycles. The molecule has 3 atom stereocenters. The third-order valence-corrected chi connectivity index (χ3v) is 12.9. The number of ether oxygens (including phenoxy) is 4. The predicted molar refractivity (Wildman–Crippen MR) is 326 cm³/mol. The van der Waals surface area contributed by atoms with E-state index in [1.54, 1.807) is 88.0 Å². The van der Waals surface area contributed by atoms with E-state index in [4.69, 9.17) is 24.7 Å². The second kappa shape index (κ2) is 43.2. The summed E-state index contributed by atoms with van der Waals surface area (Å²) in [4.78, 5) is 90.1. The molecule has 17 nitrogen and oxygen atoms in total. The first-order chi connectivity index (χ1) is 37.6. The van der Waals surface area contributed by atoms with Crippen molar-refractivity contribution in [1.82, 2.24) is 26.2 Å². The molecule has 0 saturated carbocycles. The third kappa shape index (κ3) is 45.1. The minimum Gasteiger partial charge on any atom is -0.444 e. The highest BCUT2D eigenvalue weighted by atomic mass is 16.6. The van der Waals surface area contributed by atoms with Gasteiger partial charge >= 0.3 is 24.4 Å². The highest BCUT2D eigenvalue weighted by Crippen LogP contribution is 2.19. The van der Waals surface area contributed by atoms with Crippen LogP contribution in [-0.4, -0.2) is 107 Å². The molecule has 0 rings (SSSR count). The number of carbonyl (C=O) groups is 6. The van der Waals surface area contributed by atoms with Crippen molar-refractivity contribution < 1.29 is 47.7 Å². The molecular formula is C63H119N7O10. The zero-order valence-corrected chi connectivity index (χ0v) is 53.3. The number of nitrogens with two attached hydrogens (primary N) is 1. The summed E-state index contributed by atoms with van der Waals surface area (Å²) < 4.78 is 22.2. The van der Waals surface area contributed by atoms with E-state index in [2.05, 4.69) is 52.3 Å². The summed E-state index contributed by atoms with van der Waals surface area (Å²) in [5, 5.41) is 10.4. The van der Waals surface area contributed by atoms with Gasteiger partial charge in [0.1, 0.15) is 34.5 Å². The smallest absolute Gasteiger partial charge is 0.414 e. The van der Waals surface area contributed by atoms with Gasteiger partial charge < -0.3 is 45.5 Å². The lowest BCUT2D eigenvalue weighted by molar-refractivity contribution is -0.137. The Bertz CT molecular complexity index is 1760. The summed E-state index contributed by atoms with van der Waals surface area (Å²) in [5.74, 6) is -1.62. The Morgan fingerprint density at radius 1 is 0.438 bits per heavy atom. The van der Waals surface area contributed by atoms with Gasteiger partial charge in [-0.15, -0.1) is 0 Å². The van der Waals surface area contributed by atoms with Crippen LogP contribution in [0.1, 0.15) is 290 Å². The topological polar surface area (TPSA) is 229 Å². The number of allylic oxidation sites excluding steroid dienone is 2. The van der Waals surface area contributed by atoms with Gasteiger partial charge in [0.2, 0.25) is 5.91 Å². The van der Waals surface area contributed by atoms with Crippen molar-refractivity contribution in [3.05, 3.63) is 12.2 Å². The normalized spacial score (nSPS) is 13.5. The van der Waals surface area contributed by atoms with Crippen LogP contribution in [0.4, 0.5) is 19.2 Å². The average molecular weight is 1130 g/mol. The van der Waals surface area contributed by atoms with Crippen molar-refractivity contribution in [2.24, 2.45) is 10.7 Å². The number of aliphatic imine (C=N–C) groups is 1. The van der Waals surface area contributed by atoms with Crippen LogP contribution < -0.4 is 27.0 Å². The van der Waals surface area contributed by atoms with Gasteiger partial charge in [0.15, 0.2) is 11.7 Å². The highest BCUT2D eigenvalue weighted by molar-refractivity contribution is 6.00. The molecule has 0 aliphatic heterocycles. The van der Waals surface area contributed by atoms with Gasteiger partial charge in [-0.1, -0.05) is 167 Å². The molecule has 0 bridgehead atoms. The summed E-state index contributed by atoms with van der Waals surface area (Å²) in [7, 11) is 0. The molecule has 0 radical (unpaired) electrons. The Morgan fingerprint density at radius 2 is 0.762 bits per heavy atom. The number of ketones is 1. The van der Waals surface area contributed by atoms with E-state index in [-0.39, 0.29) is 25.3 Å². The lowest BCUT2D eigenvalue weighted by Crippen LogP contribution is -2.65. The van der Waals surface area contributed by atoms with Gasteiger partial charge in [0, 0.05) is 19.6 Å². The van der Waals surface area contributed by atoms with E-state index in [1.807, 2.05) is 0 Å².